The van der Waals surface area contributed by atoms with Crippen LogP contribution in [0.3, 0.4) is 0 Å². The number of hydrogen-bond acceptors (Lipinski definition) is 5. The van der Waals surface area contributed by atoms with Gasteiger partial charge in [0.1, 0.15) is 5.82 Å². The lowest BCUT2D eigenvalue weighted by atomic mass is 10.1. The Hall–Kier alpha value is -3.55. The van der Waals surface area contributed by atoms with Gasteiger partial charge in [0.2, 0.25) is 0 Å². The number of carbonyl (C=O) groups is 2. The number of rotatable bonds is 6. The molecule has 0 unspecified atom stereocenters. The maximum Gasteiger partial charge on any atom is 0.359 e. The Labute approximate surface area is 172 Å². The van der Waals surface area contributed by atoms with Gasteiger partial charge in [-0.15, -0.1) is 0 Å². The first-order valence-corrected chi connectivity index (χ1v) is 9.51. The van der Waals surface area contributed by atoms with Crippen LogP contribution in [-0.2, 0) is 9.53 Å². The standard InChI is InChI=1S/C22H22FN3O4/c1-13(2)26-21(28)18-7-5-4-6-17(18)20(25-26)22(29)30-12-19(27)24-14(3)15-8-10-16(23)11-9-15/h4-11,13-14H,12H2,1-3H3,(H,24,27)/t14-/m1/s1. The molecule has 0 saturated heterocycles. The van der Waals surface area contributed by atoms with E-state index in [1.54, 1.807) is 57.2 Å². The lowest BCUT2D eigenvalue weighted by Crippen LogP contribution is -2.32. The summed E-state index contributed by atoms with van der Waals surface area (Å²) in [6.45, 7) is 4.78. The fourth-order valence-corrected chi connectivity index (χ4v) is 3.02. The van der Waals surface area contributed by atoms with Crippen LogP contribution in [0.15, 0.2) is 53.3 Å². The fourth-order valence-electron chi connectivity index (χ4n) is 3.02. The van der Waals surface area contributed by atoms with E-state index in [4.69, 9.17) is 4.74 Å². The molecule has 0 radical (unpaired) electrons. The maximum atomic E-state index is 13.0. The Balaban J connectivity index is 1.74. The molecular formula is C22H22FN3O4. The molecule has 0 aliphatic carbocycles. The van der Waals surface area contributed by atoms with Crippen LogP contribution in [-0.4, -0.2) is 28.3 Å². The average molecular weight is 411 g/mol. The van der Waals surface area contributed by atoms with Gasteiger partial charge in [0.25, 0.3) is 11.5 Å². The average Bonchev–Trinajstić information content (AvgIpc) is 2.72. The Morgan fingerprint density at radius 2 is 1.70 bits per heavy atom. The zero-order chi connectivity index (χ0) is 21.8. The van der Waals surface area contributed by atoms with Crippen LogP contribution in [0.1, 0.15) is 48.9 Å². The van der Waals surface area contributed by atoms with Gasteiger partial charge in [0.05, 0.1) is 17.5 Å². The number of aromatic nitrogens is 2. The quantitative estimate of drug-likeness (QED) is 0.630. The molecule has 1 heterocycles. The first-order chi connectivity index (χ1) is 14.3. The van der Waals surface area contributed by atoms with Crippen molar-refractivity contribution < 1.29 is 18.7 Å². The van der Waals surface area contributed by atoms with Crippen LogP contribution >= 0.6 is 0 Å². The summed E-state index contributed by atoms with van der Waals surface area (Å²) in [6.07, 6.45) is 0. The van der Waals surface area contributed by atoms with Gasteiger partial charge < -0.3 is 10.1 Å². The molecular weight excluding hydrogens is 389 g/mol. The van der Waals surface area contributed by atoms with Crippen LogP contribution < -0.4 is 10.9 Å². The lowest BCUT2D eigenvalue weighted by Gasteiger charge is -2.15. The molecule has 1 N–H and O–H groups in total. The van der Waals surface area contributed by atoms with Gasteiger partial charge in [-0.1, -0.05) is 30.3 Å². The SMILES string of the molecule is CC(C)n1nc(C(=O)OCC(=O)N[C@H](C)c2ccc(F)cc2)c2ccccc2c1=O. The third-order valence-electron chi connectivity index (χ3n) is 4.59. The molecule has 1 amide bonds. The van der Waals surface area contributed by atoms with Crippen molar-refractivity contribution in [2.45, 2.75) is 32.9 Å². The molecule has 7 nitrogen and oxygen atoms in total. The van der Waals surface area contributed by atoms with Crippen LogP contribution in [0, 0.1) is 5.82 Å². The van der Waals surface area contributed by atoms with Gasteiger partial charge in [0.15, 0.2) is 12.3 Å². The van der Waals surface area contributed by atoms with Crippen LogP contribution in [0.2, 0.25) is 0 Å². The Kier molecular flexibility index (Phi) is 6.25. The lowest BCUT2D eigenvalue weighted by molar-refractivity contribution is -0.124. The number of amides is 1. The molecule has 3 aromatic rings. The molecule has 0 aliphatic rings. The van der Waals surface area contributed by atoms with Crippen LogP contribution in [0.5, 0.6) is 0 Å². The van der Waals surface area contributed by atoms with E-state index in [1.807, 2.05) is 0 Å². The predicted molar refractivity (Wildman–Crippen MR) is 110 cm³/mol. The van der Waals surface area contributed by atoms with E-state index in [1.165, 1.54) is 16.8 Å². The summed E-state index contributed by atoms with van der Waals surface area (Å²) in [6, 6.07) is 11.7. The summed E-state index contributed by atoms with van der Waals surface area (Å²) in [4.78, 5) is 37.4. The fraction of sp³-hybridized carbons (Fsp3) is 0.273. The van der Waals surface area contributed by atoms with E-state index < -0.39 is 24.5 Å². The van der Waals surface area contributed by atoms with E-state index in [-0.39, 0.29) is 23.1 Å². The largest absolute Gasteiger partial charge is 0.451 e. The van der Waals surface area contributed by atoms with Gasteiger partial charge in [-0.05, 0) is 44.5 Å². The van der Waals surface area contributed by atoms with Crippen molar-refractivity contribution in [3.05, 3.63) is 76.0 Å². The molecule has 0 spiro atoms. The first-order valence-electron chi connectivity index (χ1n) is 9.51. The van der Waals surface area contributed by atoms with Gasteiger partial charge in [0, 0.05) is 5.39 Å². The summed E-state index contributed by atoms with van der Waals surface area (Å²) >= 11 is 0. The predicted octanol–water partition coefficient (Wildman–Crippen LogP) is 3.15. The highest BCUT2D eigenvalue weighted by molar-refractivity contribution is 6.02. The molecule has 2 aromatic carbocycles. The second kappa shape index (κ2) is 8.86. The highest BCUT2D eigenvalue weighted by atomic mass is 19.1. The number of carbonyl (C=O) groups excluding carboxylic acids is 2. The maximum absolute atomic E-state index is 13.0. The number of ether oxygens (including phenoxy) is 1. The number of halogens is 1. The normalized spacial score (nSPS) is 12.0. The number of nitrogens with one attached hydrogen (secondary N) is 1. The third kappa shape index (κ3) is 4.53. The summed E-state index contributed by atoms with van der Waals surface area (Å²) < 4.78 is 19.4. The molecule has 1 aromatic heterocycles. The van der Waals surface area contributed by atoms with Gasteiger partial charge in [-0.2, -0.15) is 5.10 Å². The molecule has 1 atom stereocenters. The summed E-state index contributed by atoms with van der Waals surface area (Å²) in [5.41, 5.74) is 0.383. The molecule has 30 heavy (non-hydrogen) atoms. The number of nitrogens with zero attached hydrogens (tertiary/aromatic N) is 2. The van der Waals surface area contributed by atoms with Crippen LogP contribution in [0.4, 0.5) is 4.39 Å². The molecule has 156 valence electrons. The van der Waals surface area contributed by atoms with E-state index in [0.29, 0.717) is 16.3 Å². The topological polar surface area (TPSA) is 90.3 Å². The molecule has 3 rings (SSSR count). The minimum atomic E-state index is -0.801. The zero-order valence-electron chi connectivity index (χ0n) is 16.9. The van der Waals surface area contributed by atoms with Crippen molar-refractivity contribution >= 4 is 22.6 Å². The monoisotopic (exact) mass is 411 g/mol. The smallest absolute Gasteiger partial charge is 0.359 e. The minimum Gasteiger partial charge on any atom is -0.451 e. The summed E-state index contributed by atoms with van der Waals surface area (Å²) in [5, 5.41) is 7.56. The van der Waals surface area contributed by atoms with E-state index >= 15 is 0 Å². The van der Waals surface area contributed by atoms with Crippen molar-refractivity contribution in [2.24, 2.45) is 0 Å². The molecule has 0 bridgehead atoms. The third-order valence-corrected chi connectivity index (χ3v) is 4.59. The van der Waals surface area contributed by atoms with Crippen molar-refractivity contribution in [1.29, 1.82) is 0 Å². The summed E-state index contributed by atoms with van der Waals surface area (Å²) in [7, 11) is 0. The van der Waals surface area contributed by atoms with Gasteiger partial charge in [-0.3, -0.25) is 9.59 Å². The second-order valence-electron chi connectivity index (χ2n) is 7.15. The Bertz CT molecular complexity index is 1140. The zero-order valence-corrected chi connectivity index (χ0v) is 16.9. The van der Waals surface area contributed by atoms with Crippen LogP contribution in [0.25, 0.3) is 10.8 Å². The first kappa shape index (κ1) is 21.2. The highest BCUT2D eigenvalue weighted by Crippen LogP contribution is 2.16. The van der Waals surface area contributed by atoms with E-state index in [9.17, 15) is 18.8 Å². The Morgan fingerprint density at radius 3 is 2.33 bits per heavy atom. The van der Waals surface area contributed by atoms with E-state index in [0.717, 1.165) is 0 Å². The number of fused-ring (bicyclic) bond motifs is 1. The number of esters is 1. The van der Waals surface area contributed by atoms with Gasteiger partial charge >= 0.3 is 5.97 Å². The van der Waals surface area contributed by atoms with Crippen molar-refractivity contribution in [3.63, 3.8) is 0 Å². The number of benzene rings is 2. The number of hydrogen-bond donors (Lipinski definition) is 1. The highest BCUT2D eigenvalue weighted by Gasteiger charge is 2.20. The Morgan fingerprint density at radius 1 is 1.07 bits per heavy atom. The van der Waals surface area contributed by atoms with Crippen molar-refractivity contribution in [3.8, 4) is 0 Å². The molecule has 0 aliphatic heterocycles. The second-order valence-corrected chi connectivity index (χ2v) is 7.15. The summed E-state index contributed by atoms with van der Waals surface area (Å²) in [5.74, 6) is -1.68. The molecule has 0 fully saturated rings. The van der Waals surface area contributed by atoms with Gasteiger partial charge in [-0.25, -0.2) is 13.9 Å². The van der Waals surface area contributed by atoms with Crippen molar-refractivity contribution in [2.75, 3.05) is 6.61 Å². The molecule has 0 saturated carbocycles. The minimum absolute atomic E-state index is 0.0294. The molecule has 8 heteroatoms. The van der Waals surface area contributed by atoms with E-state index in [2.05, 4.69) is 10.4 Å². The van der Waals surface area contributed by atoms with Crippen molar-refractivity contribution in [1.82, 2.24) is 15.1 Å².